The third-order valence-corrected chi connectivity index (χ3v) is 24.1. The van der Waals surface area contributed by atoms with E-state index in [4.69, 9.17) is 168 Å². The number of methoxy groups -OCH3 is 1. The van der Waals surface area contributed by atoms with E-state index in [1.165, 1.54) is 20.0 Å². The first-order chi connectivity index (χ1) is 56.8. The summed E-state index contributed by atoms with van der Waals surface area (Å²) in [5.41, 5.74) is 44.2. The molecule has 39 heteroatoms. The van der Waals surface area contributed by atoms with Crippen molar-refractivity contribution in [3.05, 3.63) is 173 Å². The van der Waals surface area contributed by atoms with Crippen LogP contribution in [0.1, 0.15) is 74.4 Å². The SMILES string of the molecule is C=C(NC1CC1)c1cc2c(-c3c(Cl)cc(Cl)c4c3CCO4)nc(N)nc2s1.CC(F)(F)CNC(=O)c1cc2c(-c3c(Cl)cc(Cl)c4c3CCO4)nc(N)nc2s1.CN(C)CCOc1cc(-c2nc(N)nc3c2CCC3)c(Cl)cc1Cl.COc1cc(-c2nc(N)nc3cc[nH]c23)c(Cl)cc1Cl.Cc1cc(-c2c(Cl)cc(Cl)c3c2CCO3)nc(N)n1. The summed E-state index contributed by atoms with van der Waals surface area (Å²) in [6.45, 7) is 8.95. The summed E-state index contributed by atoms with van der Waals surface area (Å²) in [4.78, 5) is 62.9. The van der Waals surface area contributed by atoms with E-state index in [0.717, 1.165) is 145 Å². The molecule has 1 amide bonds. The van der Waals surface area contributed by atoms with Gasteiger partial charge in [0.2, 0.25) is 29.7 Å². The van der Waals surface area contributed by atoms with Crippen LogP contribution in [0.5, 0.6) is 28.7 Å². The number of ether oxygens (including phenoxy) is 5. The van der Waals surface area contributed by atoms with Crippen LogP contribution in [0.3, 0.4) is 0 Å². The number of anilines is 5. The number of amides is 1. The number of thiophene rings is 2. The molecule has 13 aromatic rings. The van der Waals surface area contributed by atoms with E-state index in [9.17, 15) is 13.6 Å². The molecular weight excluding hydrogens is 1780 g/mol. The van der Waals surface area contributed by atoms with E-state index in [-0.39, 0.29) is 34.6 Å². The predicted octanol–water partition coefficient (Wildman–Crippen LogP) is 19.7. The zero-order valence-electron chi connectivity index (χ0n) is 63.7. The van der Waals surface area contributed by atoms with Gasteiger partial charge in [0.05, 0.1) is 127 Å². The zero-order chi connectivity index (χ0) is 84.7. The van der Waals surface area contributed by atoms with Gasteiger partial charge in [-0.3, -0.25) is 4.79 Å². The Morgan fingerprint density at radius 2 is 1.06 bits per heavy atom. The fourth-order valence-corrected chi connectivity index (χ4v) is 18.6. The molecule has 18 rings (SSSR count). The highest BCUT2D eigenvalue weighted by molar-refractivity contribution is 7.20. The maximum Gasteiger partial charge on any atom is 0.262 e. The van der Waals surface area contributed by atoms with Crippen LogP contribution in [0.25, 0.3) is 93.5 Å². The molecule has 5 aromatic carbocycles. The minimum absolute atomic E-state index is 0.0000756. The Morgan fingerprint density at radius 1 is 0.571 bits per heavy atom. The quantitative estimate of drug-likeness (QED) is 0.0445. The second-order valence-electron chi connectivity index (χ2n) is 28.0. The molecule has 0 atom stereocenters. The van der Waals surface area contributed by atoms with Crippen LogP contribution in [0.15, 0.2) is 79.5 Å². The number of rotatable bonds is 16. The fraction of sp³-hybridized carbons (Fsp3) is 0.263. The number of hydrogen-bond acceptors (Lipinski definition) is 25. The lowest BCUT2D eigenvalue weighted by molar-refractivity contribution is 0.0221. The number of carbonyl (C=O) groups excluding carboxylic acids is 1. The van der Waals surface area contributed by atoms with E-state index in [1.54, 1.807) is 60.0 Å². The molecule has 8 aromatic heterocycles. The molecule has 2 aliphatic carbocycles. The highest BCUT2D eigenvalue weighted by Gasteiger charge is 2.32. The Hall–Kier alpha value is -9.31. The summed E-state index contributed by atoms with van der Waals surface area (Å²) in [5, 5.41) is 11.9. The Labute approximate surface area is 737 Å². The van der Waals surface area contributed by atoms with Crippen LogP contribution >= 0.6 is 139 Å². The molecule has 119 heavy (non-hydrogen) atoms. The number of nitrogens with one attached hydrogen (secondary N) is 3. The normalized spacial score (nSPS) is 13.5. The summed E-state index contributed by atoms with van der Waals surface area (Å²) in [6, 6.07) is 19.6. The molecular formula is C80H71Cl10F2N19O6S2. The molecule has 0 unspecified atom stereocenters. The number of halogens is 12. The van der Waals surface area contributed by atoms with Gasteiger partial charge in [-0.05, 0) is 120 Å². The number of alkyl halides is 2. The lowest BCUT2D eigenvalue weighted by Crippen LogP contribution is -2.34. The predicted molar refractivity (Wildman–Crippen MR) is 475 cm³/mol. The van der Waals surface area contributed by atoms with Gasteiger partial charge in [0.1, 0.15) is 50.7 Å². The van der Waals surface area contributed by atoms with Gasteiger partial charge in [-0.1, -0.05) is 123 Å². The molecule has 13 N–H and O–H groups in total. The summed E-state index contributed by atoms with van der Waals surface area (Å²) in [6.07, 6.45) is 9.12. The Bertz CT molecular complexity index is 6170. The maximum atomic E-state index is 13.1. The minimum atomic E-state index is -3.01. The number of aryl methyl sites for hydroxylation is 2. The summed E-state index contributed by atoms with van der Waals surface area (Å²) >= 11 is 65.6. The van der Waals surface area contributed by atoms with Gasteiger partial charge >= 0.3 is 0 Å². The van der Waals surface area contributed by atoms with Gasteiger partial charge in [0, 0.05) is 123 Å². The van der Waals surface area contributed by atoms with Crippen molar-refractivity contribution in [3.63, 3.8) is 0 Å². The number of likely N-dealkylation sites (N-methyl/N-ethyl adjacent to an activating group) is 1. The van der Waals surface area contributed by atoms with Crippen molar-refractivity contribution in [2.45, 2.75) is 77.2 Å². The molecule has 1 fully saturated rings. The van der Waals surface area contributed by atoms with Gasteiger partial charge < -0.3 is 72.9 Å². The van der Waals surface area contributed by atoms with Crippen LogP contribution in [0.4, 0.5) is 38.5 Å². The monoisotopic (exact) mass is 1850 g/mol. The first kappa shape index (κ1) is 86.1. The van der Waals surface area contributed by atoms with E-state index in [0.29, 0.717) is 162 Å². The van der Waals surface area contributed by atoms with E-state index >= 15 is 0 Å². The third kappa shape index (κ3) is 19.2. The Kier molecular flexibility index (Phi) is 26.2. The van der Waals surface area contributed by atoms with Gasteiger partial charge in [-0.15, -0.1) is 22.7 Å². The van der Waals surface area contributed by atoms with Crippen molar-refractivity contribution in [3.8, 4) is 85.0 Å². The summed E-state index contributed by atoms with van der Waals surface area (Å²) < 4.78 is 54.0. The number of carbonyl (C=O) groups is 1. The van der Waals surface area contributed by atoms with Crippen molar-refractivity contribution >= 4 is 211 Å². The van der Waals surface area contributed by atoms with Gasteiger partial charge in [0.25, 0.3) is 11.8 Å². The molecule has 5 aliphatic rings. The number of nitrogens with zero attached hydrogens (tertiary/aromatic N) is 11. The number of H-pyrrole nitrogens is 1. The summed E-state index contributed by atoms with van der Waals surface area (Å²) in [7, 11) is 5.52. The average Bonchev–Trinajstić information content (AvgIpc) is 1.65. The molecule has 0 radical (unpaired) electrons. The molecule has 25 nitrogen and oxygen atoms in total. The highest BCUT2D eigenvalue weighted by Crippen LogP contribution is 2.51. The topological polar surface area (TPSA) is 365 Å². The zero-order valence-corrected chi connectivity index (χ0v) is 72.9. The second kappa shape index (κ2) is 36.2. The highest BCUT2D eigenvalue weighted by atomic mass is 35.5. The second-order valence-corrected chi connectivity index (χ2v) is 34.2. The standard InChI is InChI=1S/C19H16Cl2N4OS.C18H14Cl2F2N4O2S.C17H20Cl2N4O.C13H10Cl2N4O.C13H11Cl2N3O/c1-8(23-9-2-3-9)14-6-11-16(24-19(22)25-18(11)27-14)15-10-4-5-26-17(10)13(21)7-12(15)20;1-18(21,22)6-24-15(27)11-4-8-13(25-17(23)26-16(8)29-11)12-7-2-3-28-14(7)10(20)5-9(12)19;1-23(2)6-7-24-15-8-11(12(18)9-13(15)19)16-10-4-3-5-14(10)21-17(20)22-16;1-20-10-4-6(7(14)5-8(10)15)11-12-9(2-3-17-12)18-13(16)19-11;1-6-4-10(18-13(16)17-6)11-7-2-3-19-12(7)9(15)5-8(11)14/h6-7,9,23H,1-5H2,(H2,22,24,25);4-5H,2-3,6H2,1H3,(H,24,27)(H2,23,25,26);8-9H,3-7H2,1-2H3,(H2,20,21,22);2-5,17H,1H3,(H2,16,18,19);4-5H,2-3H2,1H3,(H2,16,17,18). The first-order valence-corrected chi connectivity index (χ1v) is 42.0. The minimum Gasteiger partial charge on any atom is -0.495 e. The van der Waals surface area contributed by atoms with Crippen molar-refractivity contribution in [2.75, 3.05) is 89.4 Å². The van der Waals surface area contributed by atoms with Gasteiger partial charge in [-0.2, -0.15) is 0 Å². The van der Waals surface area contributed by atoms with E-state index < -0.39 is 18.4 Å². The number of nitrogens with two attached hydrogens (primary N) is 5. The number of nitrogen functional groups attached to an aromatic ring is 5. The molecule has 0 spiro atoms. The van der Waals surface area contributed by atoms with Crippen molar-refractivity contribution in [2.24, 2.45) is 0 Å². The molecule has 0 saturated heterocycles. The number of benzene rings is 5. The lowest BCUT2D eigenvalue weighted by atomic mass is 10.00. The summed E-state index contributed by atoms with van der Waals surface area (Å²) in [5.74, 6) is 0.268. The maximum absolute atomic E-state index is 13.1. The average molecular weight is 1850 g/mol. The van der Waals surface area contributed by atoms with Crippen LogP contribution < -0.4 is 63.0 Å². The van der Waals surface area contributed by atoms with Crippen molar-refractivity contribution < 1.29 is 37.3 Å². The van der Waals surface area contributed by atoms with E-state index in [2.05, 4.69) is 78.1 Å². The number of hydrogen-bond donors (Lipinski definition) is 8. The molecule has 11 heterocycles. The van der Waals surface area contributed by atoms with Crippen molar-refractivity contribution in [1.29, 1.82) is 0 Å². The lowest BCUT2D eigenvalue weighted by Gasteiger charge is -2.15. The molecule has 3 aliphatic heterocycles. The van der Waals surface area contributed by atoms with Gasteiger partial charge in [0.15, 0.2) is 0 Å². The van der Waals surface area contributed by atoms with Crippen LogP contribution in [-0.4, -0.2) is 138 Å². The van der Waals surface area contributed by atoms with Gasteiger partial charge in [-0.25, -0.2) is 58.6 Å². The van der Waals surface area contributed by atoms with E-state index in [1.807, 2.05) is 44.1 Å². The fourth-order valence-electron chi connectivity index (χ4n) is 13.7. The molecule has 1 saturated carbocycles. The van der Waals surface area contributed by atoms with Crippen LogP contribution in [-0.2, 0) is 32.1 Å². The molecule has 0 bridgehead atoms. The Balaban J connectivity index is 0.000000123. The largest absolute Gasteiger partial charge is 0.495 e. The number of aromatic nitrogens is 11. The number of fused-ring (bicyclic) bond motifs is 7. The smallest absolute Gasteiger partial charge is 0.262 e. The first-order valence-electron chi connectivity index (χ1n) is 36.6. The Morgan fingerprint density at radius 3 is 1.61 bits per heavy atom. The van der Waals surface area contributed by atoms with Crippen LogP contribution in [0.2, 0.25) is 50.2 Å². The third-order valence-electron chi connectivity index (χ3n) is 19.1. The molecule has 618 valence electrons. The van der Waals surface area contributed by atoms with Crippen molar-refractivity contribution in [1.82, 2.24) is 70.4 Å². The number of aromatic amines is 1. The van der Waals surface area contributed by atoms with Crippen LogP contribution in [0, 0.1) is 6.92 Å².